The summed E-state index contributed by atoms with van der Waals surface area (Å²) in [5.41, 5.74) is 0.719. The average molecular weight is 344 g/mol. The highest BCUT2D eigenvalue weighted by Crippen LogP contribution is 2.18. The van der Waals surface area contributed by atoms with Gasteiger partial charge in [0.05, 0.1) is 12.4 Å². The van der Waals surface area contributed by atoms with Crippen molar-refractivity contribution >= 4 is 11.7 Å². The number of nitrogens with one attached hydrogen (secondary N) is 2. The van der Waals surface area contributed by atoms with Crippen LogP contribution in [0, 0.1) is 0 Å². The quantitative estimate of drug-likeness (QED) is 0.809. The predicted molar refractivity (Wildman–Crippen MR) is 94.8 cm³/mol. The van der Waals surface area contributed by atoms with Crippen LogP contribution in [0.5, 0.6) is 5.75 Å². The van der Waals surface area contributed by atoms with Crippen LogP contribution >= 0.6 is 0 Å². The Labute approximate surface area is 147 Å². The van der Waals surface area contributed by atoms with Crippen molar-refractivity contribution < 1.29 is 14.3 Å². The third-order valence-corrected chi connectivity index (χ3v) is 3.99. The highest BCUT2D eigenvalue weighted by molar-refractivity contribution is 5.89. The minimum Gasteiger partial charge on any atom is -0.491 e. The second kappa shape index (κ2) is 8.53. The minimum atomic E-state index is -0.236. The van der Waals surface area contributed by atoms with E-state index in [9.17, 15) is 4.79 Å². The van der Waals surface area contributed by atoms with Crippen molar-refractivity contribution in [1.29, 1.82) is 0 Å². The smallest absolute Gasteiger partial charge is 0.319 e. The monoisotopic (exact) mass is 344 g/mol. The topological polar surface area (TPSA) is 77.4 Å². The SMILES string of the molecule is C[C@H](Cn1ccnc1)NC(=O)Nc1ccc(OC[C@@H]2CCCO2)cc1. The van der Waals surface area contributed by atoms with Gasteiger partial charge in [-0.3, -0.25) is 0 Å². The number of nitrogens with zero attached hydrogens (tertiary/aromatic N) is 2. The van der Waals surface area contributed by atoms with E-state index in [4.69, 9.17) is 9.47 Å². The highest BCUT2D eigenvalue weighted by atomic mass is 16.5. The Morgan fingerprint density at radius 3 is 2.96 bits per heavy atom. The van der Waals surface area contributed by atoms with Gasteiger partial charge in [0.15, 0.2) is 0 Å². The number of hydrogen-bond donors (Lipinski definition) is 2. The van der Waals surface area contributed by atoms with Crippen LogP contribution in [0.3, 0.4) is 0 Å². The second-order valence-electron chi connectivity index (χ2n) is 6.23. The predicted octanol–water partition coefficient (Wildman–Crippen LogP) is 2.65. The lowest BCUT2D eigenvalue weighted by Crippen LogP contribution is -2.38. The molecule has 1 aromatic heterocycles. The number of carbonyl (C=O) groups excluding carboxylic acids is 1. The Bertz CT molecular complexity index is 651. The molecule has 1 aliphatic heterocycles. The summed E-state index contributed by atoms with van der Waals surface area (Å²) >= 11 is 0. The van der Waals surface area contributed by atoms with Crippen LogP contribution in [0.4, 0.5) is 10.5 Å². The maximum absolute atomic E-state index is 12.0. The summed E-state index contributed by atoms with van der Waals surface area (Å²) in [5, 5.41) is 5.72. The second-order valence-corrected chi connectivity index (χ2v) is 6.23. The van der Waals surface area contributed by atoms with Gasteiger partial charge >= 0.3 is 6.03 Å². The molecule has 3 rings (SSSR count). The van der Waals surface area contributed by atoms with Crippen molar-refractivity contribution in [3.63, 3.8) is 0 Å². The van der Waals surface area contributed by atoms with E-state index in [1.807, 2.05) is 42.0 Å². The number of amides is 2. The Morgan fingerprint density at radius 2 is 2.28 bits per heavy atom. The molecular weight excluding hydrogens is 320 g/mol. The number of carbonyl (C=O) groups is 1. The molecule has 0 saturated carbocycles. The Balaban J connectivity index is 1.41. The molecule has 0 unspecified atom stereocenters. The van der Waals surface area contributed by atoms with Gasteiger partial charge in [0, 0.05) is 37.3 Å². The number of rotatable bonds is 7. The van der Waals surface area contributed by atoms with Gasteiger partial charge in [-0.05, 0) is 44.0 Å². The number of aromatic nitrogens is 2. The normalized spacial score (nSPS) is 17.9. The van der Waals surface area contributed by atoms with Gasteiger partial charge in [0.2, 0.25) is 0 Å². The fraction of sp³-hybridized carbons (Fsp3) is 0.444. The number of anilines is 1. The first-order valence-electron chi connectivity index (χ1n) is 8.57. The lowest BCUT2D eigenvalue weighted by molar-refractivity contribution is 0.0679. The summed E-state index contributed by atoms with van der Waals surface area (Å²) in [6, 6.07) is 7.10. The molecule has 25 heavy (non-hydrogen) atoms. The van der Waals surface area contributed by atoms with Crippen LogP contribution in [0.1, 0.15) is 19.8 Å². The van der Waals surface area contributed by atoms with E-state index < -0.39 is 0 Å². The Kier molecular flexibility index (Phi) is 5.90. The molecule has 2 heterocycles. The number of urea groups is 1. The van der Waals surface area contributed by atoms with E-state index in [2.05, 4.69) is 15.6 Å². The molecule has 2 atom stereocenters. The zero-order valence-electron chi connectivity index (χ0n) is 14.4. The lowest BCUT2D eigenvalue weighted by Gasteiger charge is -2.15. The largest absolute Gasteiger partial charge is 0.491 e. The molecule has 1 aromatic carbocycles. The van der Waals surface area contributed by atoms with E-state index in [0.29, 0.717) is 13.2 Å². The van der Waals surface area contributed by atoms with Crippen LogP contribution in [0.25, 0.3) is 0 Å². The van der Waals surface area contributed by atoms with Gasteiger partial charge in [0.1, 0.15) is 12.4 Å². The zero-order valence-corrected chi connectivity index (χ0v) is 14.4. The fourth-order valence-electron chi connectivity index (χ4n) is 2.75. The van der Waals surface area contributed by atoms with Crippen LogP contribution in [0.2, 0.25) is 0 Å². The van der Waals surface area contributed by atoms with Crippen LogP contribution in [-0.2, 0) is 11.3 Å². The molecule has 1 fully saturated rings. The van der Waals surface area contributed by atoms with Crippen molar-refractivity contribution in [2.75, 3.05) is 18.5 Å². The summed E-state index contributed by atoms with van der Waals surface area (Å²) in [6.07, 6.45) is 7.66. The molecule has 0 radical (unpaired) electrons. The van der Waals surface area contributed by atoms with E-state index in [1.165, 1.54) is 0 Å². The van der Waals surface area contributed by atoms with Crippen molar-refractivity contribution in [2.45, 2.75) is 38.5 Å². The summed E-state index contributed by atoms with van der Waals surface area (Å²) < 4.78 is 13.2. The maximum Gasteiger partial charge on any atom is 0.319 e. The molecule has 1 aliphatic rings. The van der Waals surface area contributed by atoms with Crippen molar-refractivity contribution in [3.8, 4) is 5.75 Å². The zero-order chi connectivity index (χ0) is 17.5. The fourth-order valence-corrected chi connectivity index (χ4v) is 2.75. The molecule has 2 N–H and O–H groups in total. The first kappa shape index (κ1) is 17.3. The van der Waals surface area contributed by atoms with Gasteiger partial charge < -0.3 is 24.7 Å². The highest BCUT2D eigenvalue weighted by Gasteiger charge is 2.16. The standard InChI is InChI=1S/C18H24N4O3/c1-14(11-22-9-8-19-13-22)20-18(23)21-15-4-6-16(7-5-15)25-12-17-3-2-10-24-17/h4-9,13-14,17H,2-3,10-12H2,1H3,(H2,20,21,23)/t14-,17+/m1/s1. The number of ether oxygens (including phenoxy) is 2. The molecule has 0 aliphatic carbocycles. The van der Waals surface area contributed by atoms with E-state index in [0.717, 1.165) is 30.9 Å². The molecule has 7 nitrogen and oxygen atoms in total. The van der Waals surface area contributed by atoms with Crippen molar-refractivity contribution in [2.24, 2.45) is 0 Å². The number of benzene rings is 1. The van der Waals surface area contributed by atoms with Crippen LogP contribution in [-0.4, -0.2) is 40.9 Å². The average Bonchev–Trinajstić information content (AvgIpc) is 3.27. The van der Waals surface area contributed by atoms with E-state index in [-0.39, 0.29) is 18.2 Å². The molecular formula is C18H24N4O3. The molecule has 2 aromatic rings. The summed E-state index contributed by atoms with van der Waals surface area (Å²) in [6.45, 7) is 4.01. The van der Waals surface area contributed by atoms with Crippen LogP contribution in [0.15, 0.2) is 43.0 Å². The van der Waals surface area contributed by atoms with E-state index >= 15 is 0 Å². The summed E-state index contributed by atoms with van der Waals surface area (Å²) in [5.74, 6) is 0.773. The van der Waals surface area contributed by atoms with Gasteiger partial charge in [-0.25, -0.2) is 9.78 Å². The first-order valence-corrected chi connectivity index (χ1v) is 8.57. The molecule has 2 amide bonds. The molecule has 0 spiro atoms. The first-order chi connectivity index (χ1) is 12.2. The summed E-state index contributed by atoms with van der Waals surface area (Å²) in [4.78, 5) is 16.0. The third-order valence-electron chi connectivity index (χ3n) is 3.99. The molecule has 1 saturated heterocycles. The van der Waals surface area contributed by atoms with Crippen molar-refractivity contribution in [3.05, 3.63) is 43.0 Å². The summed E-state index contributed by atoms with van der Waals surface area (Å²) in [7, 11) is 0. The van der Waals surface area contributed by atoms with E-state index in [1.54, 1.807) is 12.5 Å². The number of hydrogen-bond acceptors (Lipinski definition) is 4. The van der Waals surface area contributed by atoms with Gasteiger partial charge in [-0.15, -0.1) is 0 Å². The molecule has 7 heteroatoms. The van der Waals surface area contributed by atoms with Gasteiger partial charge in [-0.2, -0.15) is 0 Å². The van der Waals surface area contributed by atoms with Crippen molar-refractivity contribution in [1.82, 2.24) is 14.9 Å². The molecule has 0 bridgehead atoms. The maximum atomic E-state index is 12.0. The van der Waals surface area contributed by atoms with Crippen LogP contribution < -0.4 is 15.4 Å². The number of imidazole rings is 1. The molecule has 134 valence electrons. The van der Waals surface area contributed by atoms with Gasteiger partial charge in [0.25, 0.3) is 0 Å². The Morgan fingerprint density at radius 1 is 1.44 bits per heavy atom. The lowest BCUT2D eigenvalue weighted by atomic mass is 10.2. The Hall–Kier alpha value is -2.54. The minimum absolute atomic E-state index is 0.0109. The van der Waals surface area contributed by atoms with Gasteiger partial charge in [-0.1, -0.05) is 0 Å². The third kappa shape index (κ3) is 5.49.